The molecule has 240 valence electrons. The number of thioether (sulfide) groups is 1. The number of morpholine rings is 1. The average molecular weight is 641 g/mol. The number of benzene rings is 1. The first-order chi connectivity index (χ1) is 22.0. The number of rotatable bonds is 6. The molecule has 1 spiro atoms. The molecule has 2 amide bonds. The highest BCUT2D eigenvalue weighted by Gasteiger charge is 2.45. The summed E-state index contributed by atoms with van der Waals surface area (Å²) in [5.74, 6) is 0.702. The summed E-state index contributed by atoms with van der Waals surface area (Å²) in [7, 11) is 0. The smallest absolute Gasteiger partial charge is 0.410 e. The average Bonchev–Trinajstić information content (AvgIpc) is 3.45. The van der Waals surface area contributed by atoms with Crippen molar-refractivity contribution in [2.24, 2.45) is 0 Å². The zero-order valence-corrected chi connectivity index (χ0v) is 27.8. The molecule has 0 saturated carbocycles. The summed E-state index contributed by atoms with van der Waals surface area (Å²) in [6.45, 7) is 10.9. The number of hydrogen-bond donors (Lipinski definition) is 1. The molecule has 4 aromatic rings. The van der Waals surface area contributed by atoms with Gasteiger partial charge in [-0.2, -0.15) is 0 Å². The highest BCUT2D eigenvalue weighted by molar-refractivity contribution is 7.98. The van der Waals surface area contributed by atoms with E-state index in [4.69, 9.17) is 19.4 Å². The molecule has 11 heteroatoms. The summed E-state index contributed by atoms with van der Waals surface area (Å²) in [5.41, 5.74) is 3.79. The van der Waals surface area contributed by atoms with Crippen molar-refractivity contribution < 1.29 is 19.1 Å². The number of nitrogens with one attached hydrogen (secondary N) is 1. The second kappa shape index (κ2) is 12.9. The molecule has 1 aromatic carbocycles. The number of aromatic nitrogens is 3. The van der Waals surface area contributed by atoms with Gasteiger partial charge in [0, 0.05) is 35.1 Å². The second-order valence-electron chi connectivity index (χ2n) is 12.9. The molecule has 1 unspecified atom stereocenters. The Kier molecular flexibility index (Phi) is 8.89. The van der Waals surface area contributed by atoms with Gasteiger partial charge in [0.05, 0.1) is 48.8 Å². The Morgan fingerprint density at radius 2 is 1.87 bits per heavy atom. The number of aryl methyl sites for hydroxylation is 1. The lowest BCUT2D eigenvalue weighted by Crippen LogP contribution is -2.55. The molecule has 1 N–H and O–H groups in total. The zero-order valence-electron chi connectivity index (χ0n) is 27.0. The molecule has 2 aliphatic heterocycles. The molecule has 2 saturated heterocycles. The van der Waals surface area contributed by atoms with Crippen molar-refractivity contribution in [3.8, 4) is 11.4 Å². The van der Waals surface area contributed by atoms with E-state index in [1.54, 1.807) is 22.9 Å². The van der Waals surface area contributed by atoms with Crippen molar-refractivity contribution in [2.75, 3.05) is 43.9 Å². The third kappa shape index (κ3) is 7.10. The van der Waals surface area contributed by atoms with Crippen LogP contribution in [0.3, 0.4) is 0 Å². The Morgan fingerprint density at radius 1 is 1.04 bits per heavy atom. The Hall–Kier alpha value is -4.22. The summed E-state index contributed by atoms with van der Waals surface area (Å²) in [5, 5.41) is 3.89. The number of nitrogens with zero attached hydrogens (tertiary/aromatic N) is 5. The number of pyridine rings is 3. The van der Waals surface area contributed by atoms with Gasteiger partial charge in [0.2, 0.25) is 0 Å². The topological polar surface area (TPSA) is 110 Å². The molecule has 3 aromatic heterocycles. The van der Waals surface area contributed by atoms with Crippen molar-refractivity contribution in [1.82, 2.24) is 25.2 Å². The Labute approximate surface area is 273 Å². The van der Waals surface area contributed by atoms with E-state index in [1.165, 1.54) is 0 Å². The normalized spacial score (nSPS) is 18.3. The van der Waals surface area contributed by atoms with Crippen LogP contribution in [0, 0.1) is 6.92 Å². The van der Waals surface area contributed by atoms with Crippen molar-refractivity contribution in [2.45, 2.75) is 56.8 Å². The maximum Gasteiger partial charge on any atom is 0.410 e. The van der Waals surface area contributed by atoms with Gasteiger partial charge in [0.1, 0.15) is 17.0 Å². The van der Waals surface area contributed by atoms with Crippen LogP contribution in [-0.4, -0.2) is 82.1 Å². The predicted octanol–water partition coefficient (Wildman–Crippen LogP) is 5.87. The zero-order chi connectivity index (χ0) is 32.5. The van der Waals surface area contributed by atoms with E-state index in [9.17, 15) is 9.59 Å². The van der Waals surface area contributed by atoms with Crippen LogP contribution in [0.5, 0.6) is 0 Å². The van der Waals surface area contributed by atoms with Gasteiger partial charge in [-0.1, -0.05) is 12.1 Å². The molecular formula is C35H40N6O4S. The largest absolute Gasteiger partial charge is 0.444 e. The van der Waals surface area contributed by atoms with Crippen LogP contribution >= 0.6 is 11.8 Å². The lowest BCUT2D eigenvalue weighted by atomic mass is 10.0. The van der Waals surface area contributed by atoms with E-state index < -0.39 is 11.2 Å². The molecule has 0 aliphatic carbocycles. The van der Waals surface area contributed by atoms with Crippen molar-refractivity contribution >= 4 is 40.5 Å². The summed E-state index contributed by atoms with van der Waals surface area (Å²) in [6.07, 6.45) is 4.28. The summed E-state index contributed by atoms with van der Waals surface area (Å²) >= 11 is 1.63. The lowest BCUT2D eigenvalue weighted by molar-refractivity contribution is -0.0958. The van der Waals surface area contributed by atoms with Crippen LogP contribution in [0.15, 0.2) is 65.7 Å². The molecule has 46 heavy (non-hydrogen) atoms. The van der Waals surface area contributed by atoms with Gasteiger partial charge >= 0.3 is 6.09 Å². The number of carbonyl (C=O) groups is 2. The fraction of sp³-hybridized carbons (Fsp3) is 0.400. The van der Waals surface area contributed by atoms with Gasteiger partial charge in [-0.3, -0.25) is 9.78 Å². The number of carbonyl (C=O) groups excluding carboxylic acids is 2. The predicted molar refractivity (Wildman–Crippen MR) is 180 cm³/mol. The van der Waals surface area contributed by atoms with Crippen molar-refractivity contribution in [3.05, 3.63) is 77.6 Å². The standard InChI is InChI=1S/C35H40N6O4S/c1-23-9-10-24(17-30(23)46-5)32(42)37-20-26-18-29-25(19-36-26)11-12-28(38-29)27-7-6-8-31(39-27)40-14-13-35(21-40)22-41(15-16-44-35)33(43)45-34(2,3)4/h6-12,17-19H,13-16,20-22H2,1-5H3,(H,37,42). The van der Waals surface area contributed by atoms with E-state index in [-0.39, 0.29) is 12.0 Å². The van der Waals surface area contributed by atoms with E-state index in [0.29, 0.717) is 38.3 Å². The molecule has 0 bridgehead atoms. The van der Waals surface area contributed by atoms with Gasteiger partial charge in [-0.05, 0) is 88.4 Å². The highest BCUT2D eigenvalue weighted by Crippen LogP contribution is 2.33. The molecular weight excluding hydrogens is 600 g/mol. The molecule has 0 radical (unpaired) electrons. The molecule has 5 heterocycles. The molecule has 2 fully saturated rings. The number of anilines is 1. The Morgan fingerprint density at radius 3 is 2.67 bits per heavy atom. The molecule has 10 nitrogen and oxygen atoms in total. The number of amides is 2. The third-order valence-corrected chi connectivity index (χ3v) is 9.15. The fourth-order valence-corrected chi connectivity index (χ4v) is 6.52. The molecule has 2 aliphatic rings. The fourth-order valence-electron chi connectivity index (χ4n) is 5.89. The van der Waals surface area contributed by atoms with Gasteiger partial charge in [-0.25, -0.2) is 14.8 Å². The number of fused-ring (bicyclic) bond motifs is 1. The van der Waals surface area contributed by atoms with Crippen LogP contribution in [0.1, 0.15) is 48.8 Å². The van der Waals surface area contributed by atoms with Gasteiger partial charge in [-0.15, -0.1) is 11.8 Å². The van der Waals surface area contributed by atoms with Crippen LogP contribution in [-0.2, 0) is 16.0 Å². The minimum absolute atomic E-state index is 0.139. The first-order valence-electron chi connectivity index (χ1n) is 15.5. The summed E-state index contributed by atoms with van der Waals surface area (Å²) < 4.78 is 11.9. The lowest BCUT2D eigenvalue weighted by Gasteiger charge is -2.40. The number of hydrogen-bond acceptors (Lipinski definition) is 9. The van der Waals surface area contributed by atoms with Crippen LogP contribution in [0.2, 0.25) is 0 Å². The SMILES string of the molecule is CSc1cc(C(=O)NCc2cc3nc(-c4cccc(N5CCC6(CN(C(=O)OC(C)(C)C)CCO6)C5)n4)ccc3cn2)ccc1C. The van der Waals surface area contributed by atoms with Crippen LogP contribution in [0.25, 0.3) is 22.3 Å². The maximum atomic E-state index is 12.8. The van der Waals surface area contributed by atoms with Gasteiger partial charge in [0.25, 0.3) is 5.91 Å². The van der Waals surface area contributed by atoms with Crippen molar-refractivity contribution in [3.63, 3.8) is 0 Å². The maximum absolute atomic E-state index is 12.8. The highest BCUT2D eigenvalue weighted by atomic mass is 32.2. The first kappa shape index (κ1) is 31.7. The minimum Gasteiger partial charge on any atom is -0.444 e. The van der Waals surface area contributed by atoms with E-state index in [0.717, 1.165) is 57.2 Å². The van der Waals surface area contributed by atoms with Crippen molar-refractivity contribution in [1.29, 1.82) is 0 Å². The van der Waals surface area contributed by atoms with Gasteiger partial charge < -0.3 is 24.6 Å². The van der Waals surface area contributed by atoms with E-state index in [2.05, 4.69) is 15.2 Å². The second-order valence-corrected chi connectivity index (χ2v) is 13.8. The van der Waals surface area contributed by atoms with Crippen LogP contribution in [0.4, 0.5) is 10.6 Å². The number of ether oxygens (including phenoxy) is 2. The van der Waals surface area contributed by atoms with E-state index in [1.807, 2.05) is 88.5 Å². The summed E-state index contributed by atoms with van der Waals surface area (Å²) in [4.78, 5) is 45.1. The Bertz CT molecular complexity index is 1780. The Balaban J connectivity index is 1.14. The monoisotopic (exact) mass is 640 g/mol. The molecule has 6 rings (SSSR count). The quantitative estimate of drug-likeness (QED) is 0.259. The summed E-state index contributed by atoms with van der Waals surface area (Å²) in [6, 6.07) is 17.5. The van der Waals surface area contributed by atoms with Gasteiger partial charge in [0.15, 0.2) is 0 Å². The first-order valence-corrected chi connectivity index (χ1v) is 16.8. The molecule has 1 atom stereocenters. The minimum atomic E-state index is -0.542. The third-order valence-electron chi connectivity index (χ3n) is 8.27. The van der Waals surface area contributed by atoms with E-state index >= 15 is 0 Å². The van der Waals surface area contributed by atoms with Crippen LogP contribution < -0.4 is 10.2 Å².